The minimum Gasteiger partial charge on any atom is -0.344 e. The molecule has 5 rings (SSSR count). The summed E-state index contributed by atoms with van der Waals surface area (Å²) < 4.78 is 2.11. The number of hydrogen-bond acceptors (Lipinski definition) is 4. The van der Waals surface area contributed by atoms with Gasteiger partial charge in [-0.05, 0) is 92.8 Å². The van der Waals surface area contributed by atoms with E-state index in [1.54, 1.807) is 37.3 Å². The summed E-state index contributed by atoms with van der Waals surface area (Å²) in [5.74, 6) is -1.51. The van der Waals surface area contributed by atoms with Crippen molar-refractivity contribution in [3.8, 4) is 5.69 Å². The highest BCUT2D eigenvalue weighted by Gasteiger charge is 2.35. The van der Waals surface area contributed by atoms with Crippen molar-refractivity contribution in [1.29, 1.82) is 0 Å². The number of amidine groups is 1. The number of nitrogens with zero attached hydrogens (tertiary/aromatic N) is 3. The van der Waals surface area contributed by atoms with Gasteiger partial charge in [-0.15, -0.1) is 0 Å². The lowest BCUT2D eigenvalue weighted by atomic mass is 9.99. The normalized spacial score (nSPS) is 14.6. The Morgan fingerprint density at radius 1 is 0.918 bits per heavy atom. The summed E-state index contributed by atoms with van der Waals surface area (Å²) >= 11 is 1.04. The number of aryl methyl sites for hydroxylation is 3. The molecule has 49 heavy (non-hydrogen) atoms. The first-order valence-electron chi connectivity index (χ1n) is 16.1. The zero-order valence-corrected chi connectivity index (χ0v) is 29.3. The Balaban J connectivity index is 1.45. The van der Waals surface area contributed by atoms with E-state index in [2.05, 4.69) is 53.5 Å². The summed E-state index contributed by atoms with van der Waals surface area (Å²) in [5, 5.41) is 3.25. The number of thioether (sulfide) groups is 1. The Kier molecular flexibility index (Phi) is 11.1. The van der Waals surface area contributed by atoms with E-state index in [-0.39, 0.29) is 28.4 Å². The quantitative estimate of drug-likeness (QED) is 0.105. The molecule has 248 valence electrons. The van der Waals surface area contributed by atoms with Crippen molar-refractivity contribution < 1.29 is 14.4 Å². The average Bonchev–Trinajstić information content (AvgIpc) is 3.39. The average molecular weight is 669 g/mol. The van der Waals surface area contributed by atoms with E-state index in [1.807, 2.05) is 80.6 Å². The first kappa shape index (κ1) is 34.9. The van der Waals surface area contributed by atoms with Crippen LogP contribution in [0.4, 0.5) is 0 Å². The van der Waals surface area contributed by atoms with Crippen molar-refractivity contribution in [3.05, 3.63) is 166 Å². The van der Waals surface area contributed by atoms with Crippen LogP contribution in [-0.2, 0) is 14.4 Å². The first-order valence-corrected chi connectivity index (χ1v) is 17.0. The molecular weight excluding hydrogens is 629 g/mol. The summed E-state index contributed by atoms with van der Waals surface area (Å²) in [4.78, 5) is 46.9. The van der Waals surface area contributed by atoms with Crippen LogP contribution in [-0.4, -0.2) is 38.1 Å². The largest absolute Gasteiger partial charge is 0.344 e. The summed E-state index contributed by atoms with van der Waals surface area (Å²) in [7, 11) is 0. The molecule has 0 atom stereocenters. The van der Waals surface area contributed by atoms with Crippen molar-refractivity contribution in [1.82, 2.24) is 14.8 Å². The number of aliphatic imine (C=N–C) groups is 1. The Morgan fingerprint density at radius 3 is 2.16 bits per heavy atom. The predicted molar refractivity (Wildman–Crippen MR) is 200 cm³/mol. The van der Waals surface area contributed by atoms with Gasteiger partial charge in [0.2, 0.25) is 5.91 Å². The molecule has 1 N–H and O–H groups in total. The smallest absolute Gasteiger partial charge is 0.285 e. The standard InChI is InChI=1S/C41H40N4O3S/c1-7-9-20-34(8-2)45-40(48)36(25-33-24-29(5)44(30(33)6)35-22-21-27(3)28(4)23-35)39(47)43-41(45)49-26-37(46)42-38(31-16-12-10-13-17-31)32-18-14-11-15-19-32/h7-25,38H,1,26H2,2-6H3,(H,42,46)/b20-9-,34-8+,36-25+. The lowest BCUT2D eigenvalue weighted by Crippen LogP contribution is -2.42. The Hall–Kier alpha value is -5.47. The monoisotopic (exact) mass is 668 g/mol. The number of rotatable bonds is 10. The SMILES string of the molecule is C=C/C=C\C(=C/C)N1C(=O)/C(=C/c2cc(C)n(-c3ccc(C)c(C)c3)c2C)C(=O)N=C1SCC(=O)NC(c1ccccc1)c1ccccc1. The van der Waals surface area contributed by atoms with Crippen LogP contribution >= 0.6 is 11.8 Å². The van der Waals surface area contributed by atoms with E-state index in [4.69, 9.17) is 0 Å². The number of hydrogen-bond donors (Lipinski definition) is 1. The molecule has 1 aliphatic rings. The molecule has 0 unspecified atom stereocenters. The summed E-state index contributed by atoms with van der Waals surface area (Å²) in [5.41, 5.74) is 8.31. The number of aromatic nitrogens is 1. The molecule has 4 aromatic rings. The lowest BCUT2D eigenvalue weighted by Gasteiger charge is -2.28. The van der Waals surface area contributed by atoms with E-state index in [1.165, 1.54) is 16.0 Å². The molecule has 3 amide bonds. The number of benzene rings is 3. The van der Waals surface area contributed by atoms with Gasteiger partial charge in [-0.3, -0.25) is 19.3 Å². The van der Waals surface area contributed by atoms with Crippen molar-refractivity contribution in [2.24, 2.45) is 4.99 Å². The Bertz CT molecular complexity index is 1980. The number of amides is 3. The first-order chi connectivity index (χ1) is 23.6. The maximum atomic E-state index is 14.2. The van der Waals surface area contributed by atoms with Crippen LogP contribution < -0.4 is 5.32 Å². The van der Waals surface area contributed by atoms with Gasteiger partial charge in [0, 0.05) is 22.8 Å². The van der Waals surface area contributed by atoms with Gasteiger partial charge in [-0.2, -0.15) is 4.99 Å². The van der Waals surface area contributed by atoms with Crippen LogP contribution in [0.15, 0.2) is 132 Å². The van der Waals surface area contributed by atoms with Gasteiger partial charge in [-0.1, -0.05) is 103 Å². The summed E-state index contributed by atoms with van der Waals surface area (Å²) in [6.45, 7) is 13.7. The van der Waals surface area contributed by atoms with E-state index in [0.29, 0.717) is 5.70 Å². The fourth-order valence-corrected chi connectivity index (χ4v) is 6.55. The highest BCUT2D eigenvalue weighted by molar-refractivity contribution is 8.14. The molecule has 3 aromatic carbocycles. The number of allylic oxidation sites excluding steroid dienone is 4. The van der Waals surface area contributed by atoms with Crippen LogP contribution in [0.2, 0.25) is 0 Å². The minimum atomic E-state index is -0.658. The van der Waals surface area contributed by atoms with Gasteiger partial charge >= 0.3 is 0 Å². The third-order valence-corrected chi connectivity index (χ3v) is 9.37. The second-order valence-electron chi connectivity index (χ2n) is 11.7. The van der Waals surface area contributed by atoms with Crippen LogP contribution in [0.5, 0.6) is 0 Å². The molecule has 0 radical (unpaired) electrons. The third-order valence-electron chi connectivity index (χ3n) is 8.43. The van der Waals surface area contributed by atoms with Crippen LogP contribution in [0.25, 0.3) is 11.8 Å². The molecule has 0 saturated heterocycles. The fraction of sp³-hybridized carbons (Fsp3) is 0.171. The molecule has 2 heterocycles. The zero-order chi connectivity index (χ0) is 35.1. The van der Waals surface area contributed by atoms with Gasteiger partial charge < -0.3 is 9.88 Å². The molecule has 8 heteroatoms. The zero-order valence-electron chi connectivity index (χ0n) is 28.4. The fourth-order valence-electron chi connectivity index (χ4n) is 5.74. The molecule has 1 aliphatic heterocycles. The van der Waals surface area contributed by atoms with E-state index >= 15 is 0 Å². The van der Waals surface area contributed by atoms with Crippen molar-refractivity contribution in [3.63, 3.8) is 0 Å². The summed E-state index contributed by atoms with van der Waals surface area (Å²) in [6, 6.07) is 27.3. The number of carbonyl (C=O) groups is 3. The molecule has 1 aromatic heterocycles. The molecule has 0 saturated carbocycles. The highest BCUT2D eigenvalue weighted by atomic mass is 32.2. The van der Waals surface area contributed by atoms with E-state index in [9.17, 15) is 14.4 Å². The molecular formula is C41H40N4O3S. The maximum Gasteiger partial charge on any atom is 0.285 e. The van der Waals surface area contributed by atoms with Crippen molar-refractivity contribution in [2.45, 2.75) is 40.7 Å². The van der Waals surface area contributed by atoms with Crippen molar-refractivity contribution in [2.75, 3.05) is 5.75 Å². The Labute approximate surface area is 292 Å². The number of nitrogens with one attached hydrogen (secondary N) is 1. The number of carbonyl (C=O) groups excluding carboxylic acids is 3. The Morgan fingerprint density at radius 2 is 1.57 bits per heavy atom. The van der Waals surface area contributed by atoms with Crippen LogP contribution in [0.3, 0.4) is 0 Å². The molecule has 7 nitrogen and oxygen atoms in total. The van der Waals surface area contributed by atoms with Gasteiger partial charge in [0.15, 0.2) is 5.17 Å². The van der Waals surface area contributed by atoms with Gasteiger partial charge in [0.05, 0.1) is 11.8 Å². The minimum absolute atomic E-state index is 0.0614. The van der Waals surface area contributed by atoms with E-state index < -0.39 is 11.8 Å². The van der Waals surface area contributed by atoms with E-state index in [0.717, 1.165) is 45.5 Å². The highest BCUT2D eigenvalue weighted by Crippen LogP contribution is 2.29. The molecule has 0 spiro atoms. The lowest BCUT2D eigenvalue weighted by molar-refractivity contribution is -0.126. The second-order valence-corrected chi connectivity index (χ2v) is 12.7. The molecule has 0 bridgehead atoms. The van der Waals surface area contributed by atoms with Gasteiger partial charge in [0.1, 0.15) is 5.57 Å². The van der Waals surface area contributed by atoms with Gasteiger partial charge in [0.25, 0.3) is 11.8 Å². The molecule has 0 fully saturated rings. The second kappa shape index (κ2) is 15.6. The predicted octanol–water partition coefficient (Wildman–Crippen LogP) is 8.10. The summed E-state index contributed by atoms with van der Waals surface area (Å²) in [6.07, 6.45) is 8.41. The molecule has 0 aliphatic carbocycles. The van der Waals surface area contributed by atoms with Gasteiger partial charge in [-0.25, -0.2) is 0 Å². The van der Waals surface area contributed by atoms with Crippen LogP contribution in [0, 0.1) is 27.7 Å². The van der Waals surface area contributed by atoms with Crippen LogP contribution in [0.1, 0.15) is 52.2 Å². The third kappa shape index (κ3) is 7.82. The maximum absolute atomic E-state index is 14.2. The topological polar surface area (TPSA) is 83.8 Å². The van der Waals surface area contributed by atoms with Crippen molar-refractivity contribution >= 4 is 40.7 Å².